The molecular weight excluding hydrogens is 259 g/mol. The van der Waals surface area contributed by atoms with Crippen LogP contribution in [0, 0.1) is 5.82 Å². The smallest absolute Gasteiger partial charge is 0.263 e. The lowest BCUT2D eigenvalue weighted by Gasteiger charge is -2.18. The molecule has 1 aliphatic heterocycles. The summed E-state index contributed by atoms with van der Waals surface area (Å²) in [5.41, 5.74) is 1.98. The maximum Gasteiger partial charge on any atom is 0.263 e. The van der Waals surface area contributed by atoms with Crippen LogP contribution in [-0.4, -0.2) is 24.5 Å². The number of carbonyl (C=O) groups is 1. The second kappa shape index (κ2) is 4.92. The first kappa shape index (κ1) is 12.6. The van der Waals surface area contributed by atoms with Crippen LogP contribution in [0.2, 0.25) is 0 Å². The first-order valence-corrected chi connectivity index (χ1v) is 6.30. The fraction of sp³-hybridized carbons (Fsp3) is 0.200. The molecule has 4 nitrogen and oxygen atoms in total. The van der Waals surface area contributed by atoms with Gasteiger partial charge in [0.1, 0.15) is 11.4 Å². The second-order valence-electron chi connectivity index (χ2n) is 4.54. The lowest BCUT2D eigenvalue weighted by molar-refractivity contribution is 0.0985. The fourth-order valence-corrected chi connectivity index (χ4v) is 2.42. The summed E-state index contributed by atoms with van der Waals surface area (Å²) in [6.07, 6.45) is 2.29. The molecule has 102 valence electrons. The molecule has 0 radical (unpaired) electrons. The minimum Gasteiger partial charge on any atom is -0.480 e. The number of carbonyl (C=O) groups excluding carboxylic acids is 1. The van der Waals surface area contributed by atoms with E-state index in [1.807, 2.05) is 0 Å². The number of hydrogen-bond donors (Lipinski definition) is 0. The van der Waals surface area contributed by atoms with Gasteiger partial charge in [-0.2, -0.15) is 0 Å². The van der Waals surface area contributed by atoms with Crippen molar-refractivity contribution in [2.75, 3.05) is 18.6 Å². The standard InChI is InChI=1S/C15H13FN2O2/c1-20-14-12(3-2-7-17-14)15(19)18-8-6-10-4-5-11(16)9-13(10)18/h2-5,7,9H,6,8H2,1H3. The molecule has 0 aliphatic carbocycles. The van der Waals surface area contributed by atoms with Gasteiger partial charge in [-0.15, -0.1) is 0 Å². The van der Waals surface area contributed by atoms with Crippen molar-refractivity contribution in [1.82, 2.24) is 4.98 Å². The molecule has 0 saturated carbocycles. The van der Waals surface area contributed by atoms with Crippen molar-refractivity contribution < 1.29 is 13.9 Å². The Hall–Kier alpha value is -2.43. The monoisotopic (exact) mass is 272 g/mol. The normalized spacial score (nSPS) is 13.2. The van der Waals surface area contributed by atoms with E-state index in [0.29, 0.717) is 17.8 Å². The molecule has 2 heterocycles. The van der Waals surface area contributed by atoms with Crippen molar-refractivity contribution in [3.63, 3.8) is 0 Å². The molecule has 0 unspecified atom stereocenters. The topological polar surface area (TPSA) is 42.4 Å². The van der Waals surface area contributed by atoms with Crippen LogP contribution < -0.4 is 9.64 Å². The van der Waals surface area contributed by atoms with Crippen molar-refractivity contribution >= 4 is 11.6 Å². The highest BCUT2D eigenvalue weighted by Gasteiger charge is 2.28. The van der Waals surface area contributed by atoms with E-state index >= 15 is 0 Å². The van der Waals surface area contributed by atoms with Crippen molar-refractivity contribution in [3.8, 4) is 5.88 Å². The first-order chi connectivity index (χ1) is 9.70. The van der Waals surface area contributed by atoms with Gasteiger partial charge in [0.2, 0.25) is 5.88 Å². The predicted octanol–water partition coefficient (Wildman–Crippen LogP) is 2.43. The van der Waals surface area contributed by atoms with E-state index < -0.39 is 0 Å². The van der Waals surface area contributed by atoms with Gasteiger partial charge in [0.25, 0.3) is 5.91 Å². The summed E-state index contributed by atoms with van der Waals surface area (Å²) >= 11 is 0. The molecule has 1 aliphatic rings. The Morgan fingerprint density at radius 1 is 1.40 bits per heavy atom. The third-order valence-corrected chi connectivity index (χ3v) is 3.38. The van der Waals surface area contributed by atoms with E-state index in [4.69, 9.17) is 4.74 Å². The van der Waals surface area contributed by atoms with Gasteiger partial charge in [-0.1, -0.05) is 6.07 Å². The maximum atomic E-state index is 13.4. The highest BCUT2D eigenvalue weighted by molar-refractivity contribution is 6.08. The SMILES string of the molecule is COc1ncccc1C(=O)N1CCc2ccc(F)cc21. The van der Waals surface area contributed by atoms with Crippen LogP contribution in [0.5, 0.6) is 5.88 Å². The molecule has 1 aromatic carbocycles. The van der Waals surface area contributed by atoms with Gasteiger partial charge in [0, 0.05) is 12.7 Å². The number of hydrogen-bond acceptors (Lipinski definition) is 3. The van der Waals surface area contributed by atoms with Gasteiger partial charge >= 0.3 is 0 Å². The largest absolute Gasteiger partial charge is 0.480 e. The summed E-state index contributed by atoms with van der Waals surface area (Å²) in [6, 6.07) is 7.86. The molecule has 2 aromatic rings. The fourth-order valence-electron chi connectivity index (χ4n) is 2.42. The molecule has 0 spiro atoms. The molecule has 0 saturated heterocycles. The molecule has 5 heteroatoms. The van der Waals surface area contributed by atoms with Gasteiger partial charge in [-0.3, -0.25) is 4.79 Å². The van der Waals surface area contributed by atoms with Crippen LogP contribution >= 0.6 is 0 Å². The van der Waals surface area contributed by atoms with Crippen LogP contribution in [-0.2, 0) is 6.42 Å². The Kier molecular flexibility index (Phi) is 3.10. The zero-order valence-electron chi connectivity index (χ0n) is 11.0. The second-order valence-corrected chi connectivity index (χ2v) is 4.54. The number of amides is 1. The minimum absolute atomic E-state index is 0.223. The van der Waals surface area contributed by atoms with Gasteiger partial charge in [0.05, 0.1) is 12.8 Å². The van der Waals surface area contributed by atoms with E-state index in [1.165, 1.54) is 19.2 Å². The average Bonchev–Trinajstić information content (AvgIpc) is 2.89. The maximum absolute atomic E-state index is 13.4. The molecule has 3 rings (SSSR count). The molecule has 20 heavy (non-hydrogen) atoms. The Bertz CT molecular complexity index is 673. The Morgan fingerprint density at radius 3 is 3.05 bits per heavy atom. The minimum atomic E-state index is -0.346. The van der Waals surface area contributed by atoms with Crippen molar-refractivity contribution in [1.29, 1.82) is 0 Å². The Morgan fingerprint density at radius 2 is 2.25 bits per heavy atom. The van der Waals surface area contributed by atoms with E-state index in [1.54, 1.807) is 29.3 Å². The highest BCUT2D eigenvalue weighted by atomic mass is 19.1. The molecule has 0 N–H and O–H groups in total. The number of ether oxygens (including phenoxy) is 1. The lowest BCUT2D eigenvalue weighted by Crippen LogP contribution is -2.29. The number of fused-ring (bicyclic) bond motifs is 1. The zero-order chi connectivity index (χ0) is 14.1. The number of halogens is 1. The number of methoxy groups -OCH3 is 1. The lowest BCUT2D eigenvalue weighted by atomic mass is 10.1. The number of nitrogens with zero attached hydrogens (tertiary/aromatic N) is 2. The third-order valence-electron chi connectivity index (χ3n) is 3.38. The Labute approximate surface area is 115 Å². The Balaban J connectivity index is 2.00. The molecule has 1 amide bonds. The van der Waals surface area contributed by atoms with E-state index in [2.05, 4.69) is 4.98 Å². The van der Waals surface area contributed by atoms with Crippen LogP contribution in [0.15, 0.2) is 36.5 Å². The molecule has 0 atom stereocenters. The summed E-state index contributed by atoms with van der Waals surface area (Å²) in [4.78, 5) is 18.2. The van der Waals surface area contributed by atoms with Gasteiger partial charge in [-0.05, 0) is 36.2 Å². The predicted molar refractivity (Wildman–Crippen MR) is 72.6 cm³/mol. The number of aromatic nitrogens is 1. The third kappa shape index (κ3) is 2.01. The number of benzene rings is 1. The zero-order valence-corrected chi connectivity index (χ0v) is 11.0. The molecular formula is C15H13FN2O2. The summed E-state index contributed by atoms with van der Waals surface area (Å²) in [5.74, 6) is -0.289. The first-order valence-electron chi connectivity index (χ1n) is 6.30. The van der Waals surface area contributed by atoms with Crippen LogP contribution in [0.1, 0.15) is 15.9 Å². The molecule has 0 fully saturated rings. The van der Waals surface area contributed by atoms with Crippen LogP contribution in [0.4, 0.5) is 10.1 Å². The van der Waals surface area contributed by atoms with Gasteiger partial charge in [0.15, 0.2) is 0 Å². The van der Waals surface area contributed by atoms with E-state index in [0.717, 1.165) is 12.0 Å². The van der Waals surface area contributed by atoms with Crippen LogP contribution in [0.3, 0.4) is 0 Å². The summed E-state index contributed by atoms with van der Waals surface area (Å²) in [5, 5.41) is 0. The summed E-state index contributed by atoms with van der Waals surface area (Å²) in [7, 11) is 1.47. The van der Waals surface area contributed by atoms with Crippen LogP contribution in [0.25, 0.3) is 0 Å². The number of rotatable bonds is 2. The molecule has 0 bridgehead atoms. The van der Waals surface area contributed by atoms with Crippen molar-refractivity contribution in [2.45, 2.75) is 6.42 Å². The average molecular weight is 272 g/mol. The van der Waals surface area contributed by atoms with Gasteiger partial charge < -0.3 is 9.64 Å². The summed E-state index contributed by atoms with van der Waals surface area (Å²) in [6.45, 7) is 0.537. The quantitative estimate of drug-likeness (QED) is 0.843. The highest BCUT2D eigenvalue weighted by Crippen LogP contribution is 2.31. The van der Waals surface area contributed by atoms with E-state index in [-0.39, 0.29) is 17.6 Å². The number of pyridine rings is 1. The van der Waals surface area contributed by atoms with Crippen molar-refractivity contribution in [3.05, 3.63) is 53.5 Å². The van der Waals surface area contributed by atoms with E-state index in [9.17, 15) is 9.18 Å². The summed E-state index contributed by atoms with van der Waals surface area (Å²) < 4.78 is 18.5. The van der Waals surface area contributed by atoms with Crippen molar-refractivity contribution in [2.24, 2.45) is 0 Å². The molecule has 1 aromatic heterocycles. The van der Waals surface area contributed by atoms with Gasteiger partial charge in [-0.25, -0.2) is 9.37 Å². The number of anilines is 1.